The molecule has 1 aliphatic carbocycles. The quantitative estimate of drug-likeness (QED) is 0.308. The largest absolute Gasteiger partial charge is 0.409 e. The van der Waals surface area contributed by atoms with Gasteiger partial charge in [-0.3, -0.25) is 0 Å². The van der Waals surface area contributed by atoms with E-state index in [1.165, 1.54) is 0 Å². The van der Waals surface area contributed by atoms with E-state index in [2.05, 4.69) is 9.88 Å². The van der Waals surface area contributed by atoms with Gasteiger partial charge in [-0.15, -0.1) is 0 Å². The predicted octanol–water partition coefficient (Wildman–Crippen LogP) is 0.610. The van der Waals surface area contributed by atoms with Gasteiger partial charge in [0.25, 0.3) is 0 Å². The number of sulfonamides is 1. The molecule has 0 spiro atoms. The van der Waals surface area contributed by atoms with Crippen LogP contribution in [0.3, 0.4) is 0 Å². The molecule has 104 valence electrons. The number of nitrogens with one attached hydrogen (secondary N) is 1. The Morgan fingerprint density at radius 3 is 2.84 bits per heavy atom. The first kappa shape index (κ1) is 13.8. The van der Waals surface area contributed by atoms with Crippen LogP contribution in [0.1, 0.15) is 24.0 Å². The standard InChI is InChI=1S/C12H17N3O3S/c13-12(15-16)11-3-1-2-10(6-11)7-14-19(17,18)8-9-4-5-9/h1-3,6,9,14,16H,4-5,7-8H2,(H2,13,15). The van der Waals surface area contributed by atoms with E-state index >= 15 is 0 Å². The second kappa shape index (κ2) is 5.58. The van der Waals surface area contributed by atoms with E-state index in [1.54, 1.807) is 24.3 Å². The van der Waals surface area contributed by atoms with Crippen molar-refractivity contribution in [3.05, 3.63) is 35.4 Å². The average molecular weight is 283 g/mol. The second-order valence-electron chi connectivity index (χ2n) is 4.73. The third kappa shape index (κ3) is 4.22. The summed E-state index contributed by atoms with van der Waals surface area (Å²) < 4.78 is 26.0. The van der Waals surface area contributed by atoms with Crippen molar-refractivity contribution in [3.8, 4) is 0 Å². The van der Waals surface area contributed by atoms with Crippen LogP contribution in [-0.2, 0) is 16.6 Å². The van der Waals surface area contributed by atoms with Crippen LogP contribution < -0.4 is 10.5 Å². The molecule has 0 aliphatic heterocycles. The monoisotopic (exact) mass is 283 g/mol. The molecule has 19 heavy (non-hydrogen) atoms. The van der Waals surface area contributed by atoms with Crippen LogP contribution in [0.15, 0.2) is 29.4 Å². The SMILES string of the molecule is NC(=NO)c1cccc(CNS(=O)(=O)CC2CC2)c1. The molecule has 2 rings (SSSR count). The summed E-state index contributed by atoms with van der Waals surface area (Å²) in [5.74, 6) is 0.524. The molecule has 0 amide bonds. The van der Waals surface area contributed by atoms with Gasteiger partial charge in [0.2, 0.25) is 10.0 Å². The molecule has 0 unspecified atom stereocenters. The summed E-state index contributed by atoms with van der Waals surface area (Å²) >= 11 is 0. The highest BCUT2D eigenvalue weighted by molar-refractivity contribution is 7.89. The Labute approximate surface area is 112 Å². The molecule has 6 nitrogen and oxygen atoms in total. The van der Waals surface area contributed by atoms with E-state index < -0.39 is 10.0 Å². The van der Waals surface area contributed by atoms with Crippen LogP contribution in [0.25, 0.3) is 0 Å². The summed E-state index contributed by atoms with van der Waals surface area (Å²) in [4.78, 5) is 0. The number of hydrogen-bond donors (Lipinski definition) is 3. The molecule has 0 atom stereocenters. The van der Waals surface area contributed by atoms with Gasteiger partial charge in [0, 0.05) is 12.1 Å². The zero-order chi connectivity index (χ0) is 13.9. The number of amidine groups is 1. The van der Waals surface area contributed by atoms with Gasteiger partial charge in [-0.2, -0.15) is 0 Å². The molecular weight excluding hydrogens is 266 g/mol. The van der Waals surface area contributed by atoms with E-state index in [4.69, 9.17) is 10.9 Å². The van der Waals surface area contributed by atoms with Crippen molar-refractivity contribution in [3.63, 3.8) is 0 Å². The molecule has 1 aromatic rings. The zero-order valence-corrected chi connectivity index (χ0v) is 11.2. The fourth-order valence-electron chi connectivity index (χ4n) is 1.75. The molecule has 1 saturated carbocycles. The number of hydrogen-bond acceptors (Lipinski definition) is 4. The molecule has 0 saturated heterocycles. The normalized spacial score (nSPS) is 16.5. The molecule has 7 heteroatoms. The topological polar surface area (TPSA) is 105 Å². The van der Waals surface area contributed by atoms with Crippen LogP contribution in [-0.4, -0.2) is 25.2 Å². The molecule has 0 radical (unpaired) electrons. The first-order chi connectivity index (χ1) is 9.00. The summed E-state index contributed by atoms with van der Waals surface area (Å²) in [6.07, 6.45) is 2.00. The first-order valence-electron chi connectivity index (χ1n) is 6.04. The highest BCUT2D eigenvalue weighted by atomic mass is 32.2. The first-order valence-corrected chi connectivity index (χ1v) is 7.69. The lowest BCUT2D eigenvalue weighted by Gasteiger charge is -2.07. The third-order valence-corrected chi connectivity index (χ3v) is 4.47. The van der Waals surface area contributed by atoms with Gasteiger partial charge in [-0.05, 0) is 30.4 Å². The van der Waals surface area contributed by atoms with Crippen molar-refractivity contribution in [1.82, 2.24) is 4.72 Å². The Balaban J connectivity index is 1.99. The van der Waals surface area contributed by atoms with Crippen LogP contribution in [0.2, 0.25) is 0 Å². The minimum absolute atomic E-state index is 0.00249. The maximum Gasteiger partial charge on any atom is 0.212 e. The van der Waals surface area contributed by atoms with Crippen molar-refractivity contribution in [2.45, 2.75) is 19.4 Å². The molecular formula is C12H17N3O3S. The average Bonchev–Trinajstić information content (AvgIpc) is 3.19. The molecule has 1 aliphatic rings. The lowest BCUT2D eigenvalue weighted by molar-refractivity contribution is 0.318. The second-order valence-corrected chi connectivity index (χ2v) is 6.58. The van der Waals surface area contributed by atoms with Gasteiger partial charge in [-0.1, -0.05) is 23.4 Å². The van der Waals surface area contributed by atoms with Crippen LogP contribution in [0.4, 0.5) is 0 Å². The summed E-state index contributed by atoms with van der Waals surface area (Å²) in [6, 6.07) is 6.90. The third-order valence-electron chi connectivity index (χ3n) is 2.98. The van der Waals surface area contributed by atoms with Gasteiger partial charge in [0.05, 0.1) is 5.75 Å². The molecule has 4 N–H and O–H groups in total. The maximum absolute atomic E-state index is 11.7. The molecule has 1 fully saturated rings. The Hall–Kier alpha value is -1.60. The van der Waals surface area contributed by atoms with Gasteiger partial charge in [0.1, 0.15) is 0 Å². The van der Waals surface area contributed by atoms with Crippen LogP contribution >= 0.6 is 0 Å². The van der Waals surface area contributed by atoms with Gasteiger partial charge >= 0.3 is 0 Å². The fourth-order valence-corrected chi connectivity index (χ4v) is 3.20. The zero-order valence-electron chi connectivity index (χ0n) is 10.4. The summed E-state index contributed by atoms with van der Waals surface area (Å²) in [7, 11) is -3.22. The molecule has 0 heterocycles. The van der Waals surface area contributed by atoms with Crippen molar-refractivity contribution in [2.24, 2.45) is 16.8 Å². The maximum atomic E-state index is 11.7. The molecule has 0 bridgehead atoms. The Kier molecular flexibility index (Phi) is 4.06. The van der Waals surface area contributed by atoms with Crippen LogP contribution in [0, 0.1) is 5.92 Å². The van der Waals surface area contributed by atoms with E-state index in [0.717, 1.165) is 18.4 Å². The number of benzene rings is 1. The Morgan fingerprint density at radius 1 is 1.47 bits per heavy atom. The van der Waals surface area contributed by atoms with Crippen molar-refractivity contribution in [1.29, 1.82) is 0 Å². The van der Waals surface area contributed by atoms with Crippen LogP contribution in [0.5, 0.6) is 0 Å². The minimum Gasteiger partial charge on any atom is -0.409 e. The van der Waals surface area contributed by atoms with Gasteiger partial charge < -0.3 is 10.9 Å². The van der Waals surface area contributed by atoms with E-state index in [-0.39, 0.29) is 18.1 Å². The van der Waals surface area contributed by atoms with Gasteiger partial charge in [0.15, 0.2) is 5.84 Å². The summed E-state index contributed by atoms with van der Waals surface area (Å²) in [6.45, 7) is 0.210. The summed E-state index contributed by atoms with van der Waals surface area (Å²) in [5.41, 5.74) is 6.80. The number of rotatable bonds is 6. The fraction of sp³-hybridized carbons (Fsp3) is 0.417. The minimum atomic E-state index is -3.22. The number of nitrogens with zero attached hydrogens (tertiary/aromatic N) is 1. The van der Waals surface area contributed by atoms with Crippen molar-refractivity contribution in [2.75, 3.05) is 5.75 Å². The Bertz CT molecular complexity index is 580. The van der Waals surface area contributed by atoms with E-state index in [1.807, 2.05) is 0 Å². The molecule has 0 aromatic heterocycles. The smallest absolute Gasteiger partial charge is 0.212 e. The van der Waals surface area contributed by atoms with Crippen molar-refractivity contribution >= 4 is 15.9 Å². The molecule has 1 aromatic carbocycles. The lowest BCUT2D eigenvalue weighted by atomic mass is 10.1. The summed E-state index contributed by atoms with van der Waals surface area (Å²) in [5, 5.41) is 11.5. The van der Waals surface area contributed by atoms with Crippen molar-refractivity contribution < 1.29 is 13.6 Å². The number of nitrogens with two attached hydrogens (primary N) is 1. The van der Waals surface area contributed by atoms with E-state index in [0.29, 0.717) is 11.5 Å². The highest BCUT2D eigenvalue weighted by Gasteiger charge is 2.27. The number of oxime groups is 1. The predicted molar refractivity (Wildman–Crippen MR) is 72.3 cm³/mol. The van der Waals surface area contributed by atoms with Gasteiger partial charge in [-0.25, -0.2) is 13.1 Å². The highest BCUT2D eigenvalue weighted by Crippen LogP contribution is 2.29. The lowest BCUT2D eigenvalue weighted by Crippen LogP contribution is -2.27. The van der Waals surface area contributed by atoms with E-state index in [9.17, 15) is 8.42 Å². The Morgan fingerprint density at radius 2 is 2.21 bits per heavy atom.